The third kappa shape index (κ3) is 4.51. The van der Waals surface area contributed by atoms with Gasteiger partial charge in [-0.3, -0.25) is 4.79 Å². The molecule has 4 rings (SSSR count). The first-order valence-electron chi connectivity index (χ1n) is 10.3. The Balaban J connectivity index is 1.53. The van der Waals surface area contributed by atoms with Gasteiger partial charge in [0.15, 0.2) is 17.3 Å². The number of carbonyl (C=O) groups excluding carboxylic acids is 1. The average molecular weight is 431 g/mol. The van der Waals surface area contributed by atoms with Crippen molar-refractivity contribution in [1.29, 1.82) is 0 Å². The summed E-state index contributed by atoms with van der Waals surface area (Å²) in [5.74, 6) is 2.53. The van der Waals surface area contributed by atoms with Crippen LogP contribution in [-0.2, 0) is 6.42 Å². The van der Waals surface area contributed by atoms with Gasteiger partial charge in [0.2, 0.25) is 0 Å². The summed E-state index contributed by atoms with van der Waals surface area (Å²) in [7, 11) is 3.21. The molecule has 0 atom stereocenters. The van der Waals surface area contributed by atoms with Gasteiger partial charge in [0.1, 0.15) is 17.1 Å². The normalized spacial score (nSPS) is 10.7. The number of ether oxygens (including phenoxy) is 2. The Morgan fingerprint density at radius 1 is 1.00 bits per heavy atom. The predicted octanol–water partition coefficient (Wildman–Crippen LogP) is 4.43. The second-order valence-electron chi connectivity index (χ2n) is 7.27. The molecular weight excluding hydrogens is 406 g/mol. The maximum absolute atomic E-state index is 13.1. The van der Waals surface area contributed by atoms with Gasteiger partial charge in [-0.05, 0) is 55.3 Å². The fourth-order valence-electron chi connectivity index (χ4n) is 3.45. The van der Waals surface area contributed by atoms with Crippen LogP contribution in [0.15, 0.2) is 71.1 Å². The van der Waals surface area contributed by atoms with E-state index in [0.29, 0.717) is 41.6 Å². The van der Waals surface area contributed by atoms with Gasteiger partial charge in [0.25, 0.3) is 5.91 Å². The molecule has 7 heteroatoms. The number of amides is 1. The number of para-hydroxylation sites is 1. The quantitative estimate of drug-likeness (QED) is 0.447. The maximum Gasteiger partial charge on any atom is 0.270 e. The van der Waals surface area contributed by atoms with Crippen molar-refractivity contribution in [2.24, 2.45) is 0 Å². The van der Waals surface area contributed by atoms with Gasteiger partial charge < -0.3 is 19.2 Å². The number of rotatable bonds is 8. The molecule has 0 spiro atoms. The highest BCUT2D eigenvalue weighted by atomic mass is 16.5. The van der Waals surface area contributed by atoms with Crippen molar-refractivity contribution < 1.29 is 18.7 Å². The second kappa shape index (κ2) is 9.43. The summed E-state index contributed by atoms with van der Waals surface area (Å²) >= 11 is 0. The number of nitrogens with zero attached hydrogens (tertiary/aromatic N) is 2. The number of furan rings is 1. The van der Waals surface area contributed by atoms with E-state index in [1.807, 2.05) is 67.6 Å². The lowest BCUT2D eigenvalue weighted by Crippen LogP contribution is -2.27. The summed E-state index contributed by atoms with van der Waals surface area (Å²) in [6.07, 6.45) is 0.649. The van der Waals surface area contributed by atoms with Crippen LogP contribution in [0.25, 0.3) is 17.1 Å². The first-order chi connectivity index (χ1) is 15.6. The molecule has 1 amide bonds. The number of carbonyl (C=O) groups is 1. The van der Waals surface area contributed by atoms with Gasteiger partial charge in [-0.15, -0.1) is 0 Å². The Bertz CT molecular complexity index is 1210. The van der Waals surface area contributed by atoms with Crippen LogP contribution >= 0.6 is 0 Å². The van der Waals surface area contributed by atoms with Crippen molar-refractivity contribution in [2.75, 3.05) is 20.8 Å². The van der Waals surface area contributed by atoms with E-state index in [0.717, 1.165) is 17.0 Å². The zero-order chi connectivity index (χ0) is 22.5. The number of methoxy groups -OCH3 is 2. The number of aryl methyl sites for hydroxylation is 1. The summed E-state index contributed by atoms with van der Waals surface area (Å²) in [4.78, 5) is 13.1. The Morgan fingerprint density at radius 3 is 2.47 bits per heavy atom. The molecule has 32 heavy (non-hydrogen) atoms. The van der Waals surface area contributed by atoms with E-state index in [9.17, 15) is 4.79 Å². The van der Waals surface area contributed by atoms with Crippen molar-refractivity contribution in [3.05, 3.63) is 83.7 Å². The van der Waals surface area contributed by atoms with Crippen LogP contribution in [0.3, 0.4) is 0 Å². The van der Waals surface area contributed by atoms with Crippen LogP contribution in [-0.4, -0.2) is 36.5 Å². The standard InChI is InChI=1S/C25H25N3O4/c1-17-9-11-22(32-17)20-16-21(28(27-20)19-7-5-4-6-8-19)25(29)26-14-13-18-10-12-23(30-2)24(15-18)31-3/h4-12,15-16H,13-14H2,1-3H3,(H,26,29). The number of nitrogens with one attached hydrogen (secondary N) is 1. The van der Waals surface area contributed by atoms with E-state index in [4.69, 9.17) is 13.9 Å². The van der Waals surface area contributed by atoms with Gasteiger partial charge in [0, 0.05) is 12.6 Å². The topological polar surface area (TPSA) is 78.5 Å². The minimum atomic E-state index is -0.212. The second-order valence-corrected chi connectivity index (χ2v) is 7.27. The van der Waals surface area contributed by atoms with Crippen molar-refractivity contribution in [2.45, 2.75) is 13.3 Å². The Morgan fingerprint density at radius 2 is 1.78 bits per heavy atom. The SMILES string of the molecule is COc1ccc(CCNC(=O)c2cc(-c3ccc(C)o3)nn2-c2ccccc2)cc1OC. The Labute approximate surface area is 186 Å². The zero-order valence-electron chi connectivity index (χ0n) is 18.3. The molecule has 2 aromatic heterocycles. The average Bonchev–Trinajstić information content (AvgIpc) is 3.46. The van der Waals surface area contributed by atoms with Crippen LogP contribution in [0.1, 0.15) is 21.8 Å². The lowest BCUT2D eigenvalue weighted by Gasteiger charge is -2.11. The molecule has 164 valence electrons. The molecule has 0 saturated carbocycles. The third-order valence-electron chi connectivity index (χ3n) is 5.08. The molecule has 2 heterocycles. The maximum atomic E-state index is 13.1. The minimum Gasteiger partial charge on any atom is -0.493 e. The van der Waals surface area contributed by atoms with E-state index in [1.165, 1.54) is 0 Å². The molecule has 0 radical (unpaired) electrons. The van der Waals surface area contributed by atoms with Gasteiger partial charge in [-0.25, -0.2) is 4.68 Å². The molecule has 0 saturated heterocycles. The van der Waals surface area contributed by atoms with Crippen molar-refractivity contribution >= 4 is 5.91 Å². The molecular formula is C25H25N3O4. The van der Waals surface area contributed by atoms with E-state index >= 15 is 0 Å². The van der Waals surface area contributed by atoms with Crippen LogP contribution in [0.4, 0.5) is 0 Å². The monoisotopic (exact) mass is 431 g/mol. The molecule has 7 nitrogen and oxygen atoms in total. The van der Waals surface area contributed by atoms with Crippen LogP contribution in [0, 0.1) is 6.92 Å². The van der Waals surface area contributed by atoms with Gasteiger partial charge in [-0.1, -0.05) is 24.3 Å². The van der Waals surface area contributed by atoms with Crippen LogP contribution in [0.5, 0.6) is 11.5 Å². The molecule has 2 aromatic carbocycles. The van der Waals surface area contributed by atoms with E-state index < -0.39 is 0 Å². The lowest BCUT2D eigenvalue weighted by molar-refractivity contribution is 0.0946. The molecule has 0 fully saturated rings. The molecule has 0 unspecified atom stereocenters. The fourth-order valence-corrected chi connectivity index (χ4v) is 3.45. The molecule has 4 aromatic rings. The summed E-state index contributed by atoms with van der Waals surface area (Å²) < 4.78 is 18.0. The highest BCUT2D eigenvalue weighted by molar-refractivity contribution is 5.94. The first-order valence-corrected chi connectivity index (χ1v) is 10.3. The van der Waals surface area contributed by atoms with E-state index in [2.05, 4.69) is 10.4 Å². The Hall–Kier alpha value is -4.00. The molecule has 0 aliphatic rings. The van der Waals surface area contributed by atoms with Crippen molar-refractivity contribution in [3.63, 3.8) is 0 Å². The summed E-state index contributed by atoms with van der Waals surface area (Å²) in [6, 6.07) is 20.8. The van der Waals surface area contributed by atoms with Gasteiger partial charge in [0.05, 0.1) is 19.9 Å². The largest absolute Gasteiger partial charge is 0.493 e. The highest BCUT2D eigenvalue weighted by Gasteiger charge is 2.19. The smallest absolute Gasteiger partial charge is 0.270 e. The predicted molar refractivity (Wildman–Crippen MR) is 122 cm³/mol. The summed E-state index contributed by atoms with van der Waals surface area (Å²) in [6.45, 7) is 2.34. The van der Waals surface area contributed by atoms with Crippen LogP contribution < -0.4 is 14.8 Å². The summed E-state index contributed by atoms with van der Waals surface area (Å²) in [5, 5.41) is 7.62. The first kappa shape index (κ1) is 21.2. The highest BCUT2D eigenvalue weighted by Crippen LogP contribution is 2.28. The number of benzene rings is 2. The van der Waals surface area contributed by atoms with E-state index in [1.54, 1.807) is 25.0 Å². The zero-order valence-corrected chi connectivity index (χ0v) is 18.3. The van der Waals surface area contributed by atoms with Gasteiger partial charge >= 0.3 is 0 Å². The third-order valence-corrected chi connectivity index (χ3v) is 5.08. The number of hydrogen-bond donors (Lipinski definition) is 1. The van der Waals surface area contributed by atoms with E-state index in [-0.39, 0.29) is 5.91 Å². The lowest BCUT2D eigenvalue weighted by atomic mass is 10.1. The molecule has 0 bridgehead atoms. The minimum absolute atomic E-state index is 0.212. The fraction of sp³-hybridized carbons (Fsp3) is 0.200. The number of hydrogen-bond acceptors (Lipinski definition) is 5. The van der Waals surface area contributed by atoms with Crippen LogP contribution in [0.2, 0.25) is 0 Å². The molecule has 0 aliphatic heterocycles. The summed E-state index contributed by atoms with van der Waals surface area (Å²) in [5.41, 5.74) is 2.87. The van der Waals surface area contributed by atoms with Gasteiger partial charge in [-0.2, -0.15) is 5.10 Å². The number of aromatic nitrogens is 2. The molecule has 1 N–H and O–H groups in total. The Kier molecular flexibility index (Phi) is 6.26. The van der Waals surface area contributed by atoms with Crippen molar-refractivity contribution in [1.82, 2.24) is 15.1 Å². The van der Waals surface area contributed by atoms with Crippen molar-refractivity contribution in [3.8, 4) is 28.6 Å². The molecule has 0 aliphatic carbocycles.